The van der Waals surface area contributed by atoms with Crippen molar-refractivity contribution in [1.82, 2.24) is 5.32 Å². The van der Waals surface area contributed by atoms with Crippen LogP contribution in [0.2, 0.25) is 0 Å². The Balaban J connectivity index is 2.82. The van der Waals surface area contributed by atoms with Gasteiger partial charge in [0.15, 0.2) is 0 Å². The lowest BCUT2D eigenvalue weighted by Gasteiger charge is -2.08. The predicted molar refractivity (Wildman–Crippen MR) is 78.0 cm³/mol. The van der Waals surface area contributed by atoms with Gasteiger partial charge in [-0.1, -0.05) is 0 Å². The highest BCUT2D eigenvalue weighted by Crippen LogP contribution is 2.22. The molecule has 0 aliphatic carbocycles. The fourth-order valence-electron chi connectivity index (χ4n) is 1.75. The number of carbonyl (C=O) groups is 2. The van der Waals surface area contributed by atoms with E-state index < -0.39 is 16.7 Å². The third kappa shape index (κ3) is 5.09. The maximum Gasteiger partial charge on any atom is 0.282 e. The van der Waals surface area contributed by atoms with Crippen LogP contribution in [0.25, 0.3) is 0 Å². The maximum atomic E-state index is 12.0. The van der Waals surface area contributed by atoms with E-state index in [9.17, 15) is 19.7 Å². The zero-order valence-electron chi connectivity index (χ0n) is 11.7. The van der Waals surface area contributed by atoms with Gasteiger partial charge >= 0.3 is 0 Å². The standard InChI is InChI=1S/C13H18N4O4/c1-2-15-9-5-6-11(17(20)21)10(8-9)13(19)16-7-3-4-12(14)18/h5-6,8,15H,2-4,7H2,1H3,(H2,14,18)(H,16,19). The Morgan fingerprint density at radius 1 is 1.38 bits per heavy atom. The molecule has 0 spiro atoms. The van der Waals surface area contributed by atoms with Crippen LogP contribution in [-0.4, -0.2) is 29.8 Å². The van der Waals surface area contributed by atoms with Crippen LogP contribution in [-0.2, 0) is 4.79 Å². The number of carbonyl (C=O) groups excluding carboxylic acids is 2. The molecule has 0 fully saturated rings. The molecule has 1 aromatic carbocycles. The average Bonchev–Trinajstić information content (AvgIpc) is 2.43. The average molecular weight is 294 g/mol. The van der Waals surface area contributed by atoms with E-state index in [1.54, 1.807) is 6.07 Å². The topological polar surface area (TPSA) is 127 Å². The van der Waals surface area contributed by atoms with Gasteiger partial charge in [0, 0.05) is 31.3 Å². The summed E-state index contributed by atoms with van der Waals surface area (Å²) < 4.78 is 0. The first-order chi connectivity index (χ1) is 9.95. The highest BCUT2D eigenvalue weighted by molar-refractivity contribution is 5.99. The molecule has 0 bridgehead atoms. The van der Waals surface area contributed by atoms with Gasteiger partial charge in [-0.25, -0.2) is 0 Å². The summed E-state index contributed by atoms with van der Waals surface area (Å²) in [6.07, 6.45) is 0.543. The number of hydrogen-bond acceptors (Lipinski definition) is 5. The number of anilines is 1. The lowest BCUT2D eigenvalue weighted by molar-refractivity contribution is -0.385. The minimum absolute atomic E-state index is 0.0162. The molecule has 0 aromatic heterocycles. The number of benzene rings is 1. The number of nitro groups is 1. The SMILES string of the molecule is CCNc1ccc([N+](=O)[O-])c(C(=O)NCCCC(N)=O)c1. The lowest BCUT2D eigenvalue weighted by atomic mass is 10.1. The fourth-order valence-corrected chi connectivity index (χ4v) is 1.75. The molecule has 2 amide bonds. The summed E-state index contributed by atoms with van der Waals surface area (Å²) >= 11 is 0. The van der Waals surface area contributed by atoms with Crippen molar-refractivity contribution in [3.05, 3.63) is 33.9 Å². The molecular weight excluding hydrogens is 276 g/mol. The Morgan fingerprint density at radius 3 is 2.67 bits per heavy atom. The molecule has 0 atom stereocenters. The number of nitrogens with one attached hydrogen (secondary N) is 2. The van der Waals surface area contributed by atoms with Crippen LogP contribution < -0.4 is 16.4 Å². The highest BCUT2D eigenvalue weighted by Gasteiger charge is 2.20. The van der Waals surface area contributed by atoms with Gasteiger partial charge in [0.25, 0.3) is 11.6 Å². The molecule has 0 saturated carbocycles. The Hall–Kier alpha value is -2.64. The summed E-state index contributed by atoms with van der Waals surface area (Å²) in [6, 6.07) is 4.27. The van der Waals surface area contributed by atoms with Gasteiger partial charge in [0.2, 0.25) is 5.91 Å². The van der Waals surface area contributed by atoms with Crippen molar-refractivity contribution >= 4 is 23.2 Å². The molecule has 4 N–H and O–H groups in total. The van der Waals surface area contributed by atoms with Crippen LogP contribution in [0.4, 0.5) is 11.4 Å². The van der Waals surface area contributed by atoms with Gasteiger partial charge in [-0.05, 0) is 25.5 Å². The van der Waals surface area contributed by atoms with Gasteiger partial charge in [-0.3, -0.25) is 19.7 Å². The van der Waals surface area contributed by atoms with E-state index in [1.165, 1.54) is 12.1 Å². The molecule has 0 aliphatic heterocycles. The van der Waals surface area contributed by atoms with E-state index >= 15 is 0 Å². The molecule has 0 radical (unpaired) electrons. The maximum absolute atomic E-state index is 12.0. The molecule has 1 rings (SSSR count). The van der Waals surface area contributed by atoms with Gasteiger partial charge < -0.3 is 16.4 Å². The fraction of sp³-hybridized carbons (Fsp3) is 0.385. The smallest absolute Gasteiger partial charge is 0.282 e. The van der Waals surface area contributed by atoms with Gasteiger partial charge in [0.05, 0.1) is 4.92 Å². The number of rotatable bonds is 8. The van der Waals surface area contributed by atoms with Crippen molar-refractivity contribution in [2.24, 2.45) is 5.73 Å². The number of amides is 2. The number of nitro benzene ring substituents is 1. The van der Waals surface area contributed by atoms with Gasteiger partial charge in [-0.15, -0.1) is 0 Å². The van der Waals surface area contributed by atoms with E-state index in [2.05, 4.69) is 10.6 Å². The second kappa shape index (κ2) is 7.83. The Labute approximate surface area is 121 Å². The van der Waals surface area contributed by atoms with Crippen molar-refractivity contribution in [3.8, 4) is 0 Å². The van der Waals surface area contributed by atoms with Crippen LogP contribution in [0, 0.1) is 10.1 Å². The van der Waals surface area contributed by atoms with E-state index in [0.717, 1.165) is 0 Å². The largest absolute Gasteiger partial charge is 0.385 e. The summed E-state index contributed by atoms with van der Waals surface area (Å²) in [4.78, 5) is 33.0. The zero-order chi connectivity index (χ0) is 15.8. The summed E-state index contributed by atoms with van der Waals surface area (Å²) in [5.41, 5.74) is 5.34. The summed E-state index contributed by atoms with van der Waals surface area (Å²) in [7, 11) is 0. The molecule has 0 saturated heterocycles. The second-order valence-electron chi connectivity index (χ2n) is 4.35. The highest BCUT2D eigenvalue weighted by atomic mass is 16.6. The van der Waals surface area contributed by atoms with Crippen LogP contribution in [0.3, 0.4) is 0 Å². The normalized spacial score (nSPS) is 9.95. The van der Waals surface area contributed by atoms with E-state index in [1.807, 2.05) is 6.92 Å². The van der Waals surface area contributed by atoms with E-state index in [0.29, 0.717) is 18.7 Å². The second-order valence-corrected chi connectivity index (χ2v) is 4.35. The van der Waals surface area contributed by atoms with Gasteiger partial charge in [0.1, 0.15) is 5.56 Å². The summed E-state index contributed by atoms with van der Waals surface area (Å²) in [5, 5.41) is 16.5. The molecule has 8 heteroatoms. The molecule has 0 aliphatic rings. The first kappa shape index (κ1) is 16.4. The first-order valence-corrected chi connectivity index (χ1v) is 6.54. The van der Waals surface area contributed by atoms with E-state index in [-0.39, 0.29) is 24.2 Å². The molecule has 0 heterocycles. The zero-order valence-corrected chi connectivity index (χ0v) is 11.7. The number of nitrogens with two attached hydrogens (primary N) is 1. The third-order valence-corrected chi connectivity index (χ3v) is 2.70. The Kier molecular flexibility index (Phi) is 6.12. The van der Waals surface area contributed by atoms with Crippen molar-refractivity contribution in [3.63, 3.8) is 0 Å². The lowest BCUT2D eigenvalue weighted by Crippen LogP contribution is -2.26. The number of hydrogen-bond donors (Lipinski definition) is 3. The van der Waals surface area contributed by atoms with Crippen molar-refractivity contribution < 1.29 is 14.5 Å². The molecule has 114 valence electrons. The van der Waals surface area contributed by atoms with Crippen molar-refractivity contribution in [2.45, 2.75) is 19.8 Å². The minimum Gasteiger partial charge on any atom is -0.385 e. The van der Waals surface area contributed by atoms with Crippen LogP contribution in [0.15, 0.2) is 18.2 Å². The molecule has 21 heavy (non-hydrogen) atoms. The summed E-state index contributed by atoms with van der Waals surface area (Å²) in [6.45, 7) is 2.74. The number of nitrogens with zero attached hydrogens (tertiary/aromatic N) is 1. The van der Waals surface area contributed by atoms with Gasteiger partial charge in [-0.2, -0.15) is 0 Å². The van der Waals surface area contributed by atoms with E-state index in [4.69, 9.17) is 5.73 Å². The minimum atomic E-state index is -0.603. The Morgan fingerprint density at radius 2 is 2.10 bits per heavy atom. The third-order valence-electron chi connectivity index (χ3n) is 2.70. The molecule has 1 aromatic rings. The van der Waals surface area contributed by atoms with Crippen molar-refractivity contribution in [2.75, 3.05) is 18.4 Å². The Bertz CT molecular complexity index is 545. The monoisotopic (exact) mass is 294 g/mol. The van der Waals surface area contributed by atoms with Crippen LogP contribution >= 0.6 is 0 Å². The quantitative estimate of drug-likeness (QED) is 0.375. The molecule has 8 nitrogen and oxygen atoms in total. The van der Waals surface area contributed by atoms with Crippen LogP contribution in [0.5, 0.6) is 0 Å². The predicted octanol–water partition coefficient (Wildman–Crippen LogP) is 1.02. The number of primary amides is 1. The summed E-state index contributed by atoms with van der Waals surface area (Å²) in [5.74, 6) is -1.00. The molecular formula is C13H18N4O4. The van der Waals surface area contributed by atoms with Crippen LogP contribution in [0.1, 0.15) is 30.1 Å². The molecule has 0 unspecified atom stereocenters. The van der Waals surface area contributed by atoms with Crippen molar-refractivity contribution in [1.29, 1.82) is 0 Å². The first-order valence-electron chi connectivity index (χ1n) is 6.54.